The summed E-state index contributed by atoms with van der Waals surface area (Å²) in [5.74, 6) is 0.334. The number of nitrogens with one attached hydrogen (secondary N) is 1. The first-order valence-corrected chi connectivity index (χ1v) is 8.57. The number of thiazole rings is 1. The van der Waals surface area contributed by atoms with Crippen LogP contribution in [0, 0.1) is 0 Å². The zero-order valence-corrected chi connectivity index (χ0v) is 16.6. The summed E-state index contributed by atoms with van der Waals surface area (Å²) in [6.45, 7) is 5.33. The first kappa shape index (κ1) is 21.4. The van der Waals surface area contributed by atoms with Gasteiger partial charge >= 0.3 is 6.18 Å². The topological polar surface area (TPSA) is 66.5 Å². The number of nitrogens with zero attached hydrogens (tertiary/aromatic N) is 3. The molecule has 1 aliphatic rings. The Bertz CT molecular complexity index is 535. The highest BCUT2D eigenvalue weighted by molar-refractivity contribution is 14.0. The van der Waals surface area contributed by atoms with Gasteiger partial charge in [-0.25, -0.2) is 4.98 Å². The lowest BCUT2D eigenvalue weighted by Crippen LogP contribution is -2.36. The maximum atomic E-state index is 12.4. The number of guanidine groups is 1. The summed E-state index contributed by atoms with van der Waals surface area (Å²) in [5.41, 5.74) is 4.97. The van der Waals surface area contributed by atoms with Gasteiger partial charge in [0.15, 0.2) is 11.7 Å². The molecule has 1 saturated heterocycles. The Hall–Kier alpha value is -0.620. The summed E-state index contributed by atoms with van der Waals surface area (Å²) >= 11 is 1.01. The van der Waals surface area contributed by atoms with Gasteiger partial charge in [-0.3, -0.25) is 9.89 Å². The van der Waals surface area contributed by atoms with Crippen molar-refractivity contribution in [2.45, 2.75) is 38.4 Å². The van der Waals surface area contributed by atoms with Crippen molar-refractivity contribution in [3.63, 3.8) is 0 Å². The van der Waals surface area contributed by atoms with E-state index >= 15 is 0 Å². The van der Waals surface area contributed by atoms with Crippen LogP contribution in [0.25, 0.3) is 0 Å². The number of aliphatic imine (C=N–C) groups is 1. The van der Waals surface area contributed by atoms with Gasteiger partial charge in [-0.05, 0) is 25.9 Å². The van der Waals surface area contributed by atoms with Gasteiger partial charge in [0.05, 0.1) is 11.6 Å². The minimum absolute atomic E-state index is 0. The van der Waals surface area contributed by atoms with Crippen molar-refractivity contribution in [3.8, 4) is 0 Å². The van der Waals surface area contributed by atoms with E-state index < -0.39 is 11.9 Å². The molecule has 0 aromatic carbocycles. The van der Waals surface area contributed by atoms with Crippen molar-refractivity contribution in [1.29, 1.82) is 0 Å². The van der Waals surface area contributed by atoms with Gasteiger partial charge < -0.3 is 11.1 Å². The lowest BCUT2D eigenvalue weighted by atomic mass is 10.2. The van der Waals surface area contributed by atoms with Gasteiger partial charge in [0, 0.05) is 24.4 Å². The van der Waals surface area contributed by atoms with Gasteiger partial charge in [0.1, 0.15) is 0 Å². The third-order valence-corrected chi connectivity index (χ3v) is 4.77. The molecule has 5 nitrogen and oxygen atoms in total. The average Bonchev–Trinajstić information content (AvgIpc) is 3.13. The average molecular weight is 477 g/mol. The maximum Gasteiger partial charge on any atom is 0.434 e. The number of rotatable bonds is 6. The minimum atomic E-state index is -4.38. The summed E-state index contributed by atoms with van der Waals surface area (Å²) in [7, 11) is 0. The Balaban J connectivity index is 0.00000288. The SMILES string of the molecule is CCN1CCCC1CN=C(N)NCCc1nc(C(F)(F)F)cs1.I. The van der Waals surface area contributed by atoms with Crippen molar-refractivity contribution in [2.75, 3.05) is 26.2 Å². The first-order chi connectivity index (χ1) is 10.9. The molecule has 24 heavy (non-hydrogen) atoms. The number of likely N-dealkylation sites (N-methyl/N-ethyl adjacent to an activating group) is 1. The molecule has 0 aliphatic carbocycles. The predicted octanol–water partition coefficient (Wildman–Crippen LogP) is 2.71. The zero-order valence-electron chi connectivity index (χ0n) is 13.5. The molecule has 2 heterocycles. The van der Waals surface area contributed by atoms with Crippen LogP contribution in [-0.2, 0) is 12.6 Å². The monoisotopic (exact) mass is 477 g/mol. The minimum Gasteiger partial charge on any atom is -0.370 e. The molecule has 1 fully saturated rings. The standard InChI is InChI=1S/C14H22F3N5S.HI/c1-2-22-7-3-4-10(22)8-20-13(18)19-6-5-12-21-11(9-23-12)14(15,16)17;/h9-10H,2-8H2,1H3,(H3,18,19,20);1H. The third kappa shape index (κ3) is 6.36. The van der Waals surface area contributed by atoms with Crippen LogP contribution in [0.1, 0.15) is 30.5 Å². The Morgan fingerprint density at radius 1 is 1.54 bits per heavy atom. The predicted molar refractivity (Wildman–Crippen MR) is 101 cm³/mol. The first-order valence-electron chi connectivity index (χ1n) is 7.69. The maximum absolute atomic E-state index is 12.4. The van der Waals surface area contributed by atoms with Crippen molar-refractivity contribution >= 4 is 41.3 Å². The van der Waals surface area contributed by atoms with E-state index in [1.807, 2.05) is 0 Å². The second-order valence-corrected chi connectivity index (χ2v) is 6.39. The molecule has 2 rings (SSSR count). The lowest BCUT2D eigenvalue weighted by molar-refractivity contribution is -0.140. The molecule has 0 saturated carbocycles. The molecule has 0 amide bonds. The molecule has 1 unspecified atom stereocenters. The van der Waals surface area contributed by atoms with Crippen LogP contribution in [0.15, 0.2) is 10.4 Å². The Morgan fingerprint density at radius 3 is 2.92 bits per heavy atom. The van der Waals surface area contributed by atoms with Crippen LogP contribution in [0.2, 0.25) is 0 Å². The summed E-state index contributed by atoms with van der Waals surface area (Å²) in [5, 5.41) is 4.40. The van der Waals surface area contributed by atoms with Gasteiger partial charge in [-0.15, -0.1) is 35.3 Å². The fraction of sp³-hybridized carbons (Fsp3) is 0.714. The van der Waals surface area contributed by atoms with Crippen LogP contribution in [-0.4, -0.2) is 48.1 Å². The fourth-order valence-electron chi connectivity index (χ4n) is 2.63. The molecule has 10 heteroatoms. The number of likely N-dealkylation sites (tertiary alicyclic amines) is 1. The third-order valence-electron chi connectivity index (χ3n) is 3.86. The van der Waals surface area contributed by atoms with Crippen LogP contribution in [0.4, 0.5) is 13.2 Å². The number of alkyl halides is 3. The van der Waals surface area contributed by atoms with Crippen LogP contribution in [0.3, 0.4) is 0 Å². The van der Waals surface area contributed by atoms with Gasteiger partial charge in [0.25, 0.3) is 0 Å². The molecule has 3 N–H and O–H groups in total. The highest BCUT2D eigenvalue weighted by Gasteiger charge is 2.33. The molecule has 0 radical (unpaired) electrons. The fourth-order valence-corrected chi connectivity index (χ4v) is 3.44. The van der Waals surface area contributed by atoms with Gasteiger partial charge in [-0.1, -0.05) is 6.92 Å². The molecule has 0 spiro atoms. The molecule has 1 aromatic rings. The Labute approximate surface area is 160 Å². The van der Waals surface area contributed by atoms with Gasteiger partial charge in [0.2, 0.25) is 0 Å². The van der Waals surface area contributed by atoms with E-state index in [1.54, 1.807) is 0 Å². The molecule has 0 bridgehead atoms. The van der Waals surface area contributed by atoms with Crippen molar-refractivity contribution in [2.24, 2.45) is 10.7 Å². The highest BCUT2D eigenvalue weighted by Crippen LogP contribution is 2.29. The lowest BCUT2D eigenvalue weighted by Gasteiger charge is -2.20. The number of aromatic nitrogens is 1. The van der Waals surface area contributed by atoms with Gasteiger partial charge in [-0.2, -0.15) is 13.2 Å². The summed E-state index contributed by atoms with van der Waals surface area (Å²) < 4.78 is 37.3. The van der Waals surface area contributed by atoms with E-state index in [-0.39, 0.29) is 24.0 Å². The summed E-state index contributed by atoms with van der Waals surface area (Å²) in [6.07, 6.45) is -1.67. The number of hydrogen-bond donors (Lipinski definition) is 2. The van der Waals surface area contributed by atoms with Crippen LogP contribution >= 0.6 is 35.3 Å². The summed E-state index contributed by atoms with van der Waals surface area (Å²) in [6, 6.07) is 0.439. The van der Waals surface area contributed by atoms with E-state index in [4.69, 9.17) is 5.73 Å². The Morgan fingerprint density at radius 2 is 2.29 bits per heavy atom. The van der Waals surface area contributed by atoms with Crippen molar-refractivity contribution in [1.82, 2.24) is 15.2 Å². The highest BCUT2D eigenvalue weighted by atomic mass is 127. The normalized spacial score (nSPS) is 19.3. The van der Waals surface area contributed by atoms with E-state index in [2.05, 4.69) is 27.1 Å². The van der Waals surface area contributed by atoms with E-state index in [1.165, 1.54) is 6.42 Å². The second kappa shape index (κ2) is 9.76. The second-order valence-electron chi connectivity index (χ2n) is 5.45. The van der Waals surface area contributed by atoms with E-state index in [9.17, 15) is 13.2 Å². The van der Waals surface area contributed by atoms with Crippen molar-refractivity contribution < 1.29 is 13.2 Å². The number of halogens is 4. The molecule has 1 aliphatic heterocycles. The molecule has 138 valence electrons. The number of nitrogens with two attached hydrogens (primary N) is 1. The molecular formula is C14H23F3IN5S. The van der Waals surface area contributed by atoms with Crippen LogP contribution in [0.5, 0.6) is 0 Å². The summed E-state index contributed by atoms with van der Waals surface area (Å²) in [4.78, 5) is 10.3. The largest absolute Gasteiger partial charge is 0.434 e. The quantitative estimate of drug-likeness (QED) is 0.376. The molecular weight excluding hydrogens is 454 g/mol. The van der Waals surface area contributed by atoms with Crippen molar-refractivity contribution in [3.05, 3.63) is 16.1 Å². The number of hydrogen-bond acceptors (Lipinski definition) is 4. The smallest absolute Gasteiger partial charge is 0.370 e. The zero-order chi connectivity index (χ0) is 16.9. The van der Waals surface area contributed by atoms with E-state index in [0.29, 0.717) is 36.5 Å². The van der Waals surface area contributed by atoms with E-state index in [0.717, 1.165) is 36.2 Å². The molecule has 1 aromatic heterocycles. The Kier molecular flexibility index (Phi) is 8.71. The van der Waals surface area contributed by atoms with Crippen LogP contribution < -0.4 is 11.1 Å². The molecule has 1 atom stereocenters.